The predicted octanol–water partition coefficient (Wildman–Crippen LogP) is 24.7. The Morgan fingerprint density at radius 2 is 0.375 bits per heavy atom. The molecule has 20 heteroatoms. The molecule has 0 saturated heterocycles. The minimum absolute atomic E-state index is 0.126. The zero-order valence-electron chi connectivity index (χ0n) is 78.7. The van der Waals surface area contributed by atoms with Crippen LogP contribution in [0.1, 0.15) is 195 Å². The molecule has 0 spiro atoms. The van der Waals surface area contributed by atoms with Gasteiger partial charge in [0.1, 0.15) is 0 Å². The van der Waals surface area contributed by atoms with Gasteiger partial charge in [-0.25, -0.2) is 33.7 Å². The first-order chi connectivity index (χ1) is 65.8. The number of aliphatic hydroxyl groups is 4. The lowest BCUT2D eigenvalue weighted by atomic mass is 9.81. The van der Waals surface area contributed by atoms with Crippen molar-refractivity contribution < 1.29 is 54.1 Å². The average Bonchev–Trinajstić information content (AvgIpc) is 0.800. The number of aliphatic hydroxyl groups excluding tert-OH is 4. The van der Waals surface area contributed by atoms with Gasteiger partial charge in [0.2, 0.25) is 0 Å². The first kappa shape index (κ1) is 102. The van der Waals surface area contributed by atoms with Crippen molar-refractivity contribution >= 4 is 62.4 Å². The maximum absolute atomic E-state index is 13.8. The van der Waals surface area contributed by atoms with Crippen LogP contribution < -0.4 is 0 Å². The fraction of sp³-hybridized carbons (Fsp3) is 0.310. The summed E-state index contributed by atoms with van der Waals surface area (Å²) in [6, 6.07) is 105. The quantitative estimate of drug-likeness (QED) is 0.0309. The molecule has 4 aliphatic carbocycles. The van der Waals surface area contributed by atoms with E-state index >= 15 is 0 Å². The first-order valence-electron chi connectivity index (χ1n) is 48.1. The maximum Gasteiger partial charge on any atom is 0.264 e. The first-order valence-corrected chi connectivity index (χ1v) is 53.9. The Bertz CT molecular complexity index is 5510. The molecule has 4 fully saturated rings. The van der Waals surface area contributed by atoms with Gasteiger partial charge in [-0.3, -0.25) is 17.2 Å². The summed E-state index contributed by atoms with van der Waals surface area (Å²) in [7, 11) is -15.3. The van der Waals surface area contributed by atoms with E-state index in [1.807, 2.05) is 319 Å². The van der Waals surface area contributed by atoms with Gasteiger partial charge in [-0.15, -0.1) is 0 Å². The molecule has 12 aromatic carbocycles. The lowest BCUT2D eigenvalue weighted by Gasteiger charge is -2.30. The van der Waals surface area contributed by atoms with Gasteiger partial charge in [0, 0.05) is 47.1 Å². The molecular weight excluding hydrogens is 1770 g/mol. The van der Waals surface area contributed by atoms with E-state index in [-0.39, 0.29) is 69.4 Å². The Balaban J connectivity index is 0.000000153. The van der Waals surface area contributed by atoms with E-state index in [1.165, 1.54) is 42.9 Å². The van der Waals surface area contributed by atoms with Crippen molar-refractivity contribution in [2.45, 2.75) is 226 Å². The lowest BCUT2D eigenvalue weighted by Crippen LogP contribution is -2.29. The molecule has 0 aliphatic heterocycles. The van der Waals surface area contributed by atoms with E-state index < -0.39 is 64.5 Å². The molecule has 12 aromatic rings. The number of sulfonamides is 4. The molecule has 136 heavy (non-hydrogen) atoms. The number of nitrogens with zero attached hydrogens (tertiary/aromatic N) is 4. The largest absolute Gasteiger partial charge is 0.388 e. The third kappa shape index (κ3) is 28.3. The van der Waals surface area contributed by atoms with Crippen molar-refractivity contribution in [2.75, 3.05) is 0 Å². The van der Waals surface area contributed by atoms with Crippen LogP contribution in [0.25, 0.3) is 22.3 Å². The molecule has 4 aliphatic rings. The second-order valence-corrected chi connectivity index (χ2v) is 44.1. The molecule has 4 N–H and O–H groups in total. The van der Waals surface area contributed by atoms with Gasteiger partial charge in [-0.05, 0) is 196 Å². The summed E-state index contributed by atoms with van der Waals surface area (Å²) < 4.78 is 116. The second kappa shape index (κ2) is 50.0. The highest BCUT2D eigenvalue weighted by molar-refractivity contribution is 7.90. The van der Waals surface area contributed by atoms with E-state index in [0.29, 0.717) is 22.3 Å². The Hall–Kier alpha value is -11.6. The van der Waals surface area contributed by atoms with Crippen LogP contribution in [0.3, 0.4) is 0 Å². The van der Waals surface area contributed by atoms with Crippen molar-refractivity contribution in [1.29, 1.82) is 0 Å². The summed E-state index contributed by atoms with van der Waals surface area (Å²) in [5, 5.41) is 45.9. The number of hydrogen-bond donors (Lipinski definition) is 4. The third-order valence-electron chi connectivity index (χ3n) is 26.5. The fourth-order valence-corrected chi connectivity index (χ4v) is 23.8. The molecule has 4 saturated carbocycles. The zero-order valence-corrected chi connectivity index (χ0v) is 82.0. The smallest absolute Gasteiger partial charge is 0.264 e. The SMILES string of the molecule is Cc1ccc(S(=O)(=O)N(/C=C(\c2ccccc2)[C@H](O)C2CCCCC2)Cc2ccccc2)cc1.Cc1ccc(S(=O)(=O)N(/C=C(\c2ccccc2)[C@H](O)C2CCCCC2)Cc2ccccc2)cc1.Cc1ccc(S(=O)(=O)N(/C=C(\c2ccccc2)[C@H](O)C2CCCCC2)Cc2ccccc2)cc1.Cc1ccc(S(=O)(=O)N(/C=C(\c2ccccc2)[C@H](O)C2CCCCC2)Cc2ccccc2)cc1. The van der Waals surface area contributed by atoms with Gasteiger partial charge in [-0.2, -0.15) is 0 Å². The molecule has 0 unspecified atom stereocenters. The highest BCUT2D eigenvalue weighted by atomic mass is 32.2. The number of rotatable bonds is 32. The molecule has 0 aromatic heterocycles. The van der Waals surface area contributed by atoms with Gasteiger partial charge in [0.15, 0.2) is 0 Å². The van der Waals surface area contributed by atoms with E-state index in [9.17, 15) is 54.1 Å². The van der Waals surface area contributed by atoms with Crippen LogP contribution in [0.15, 0.2) is 384 Å². The molecular formula is C116H132N4O12S4. The molecule has 16 nitrogen and oxygen atoms in total. The number of benzene rings is 12. The Kier molecular flexibility index (Phi) is 37.4. The van der Waals surface area contributed by atoms with Crippen molar-refractivity contribution in [3.63, 3.8) is 0 Å². The zero-order chi connectivity index (χ0) is 95.9. The van der Waals surface area contributed by atoms with Crippen LogP contribution in [0.4, 0.5) is 0 Å². The van der Waals surface area contributed by atoms with Gasteiger partial charge in [0.05, 0.1) is 70.2 Å². The van der Waals surface area contributed by atoms with Crippen LogP contribution >= 0.6 is 0 Å². The van der Waals surface area contributed by atoms with Gasteiger partial charge < -0.3 is 20.4 Å². The van der Waals surface area contributed by atoms with Crippen LogP contribution in [0.5, 0.6) is 0 Å². The highest BCUT2D eigenvalue weighted by Gasteiger charge is 2.36. The normalized spacial score (nSPS) is 16.2. The van der Waals surface area contributed by atoms with Gasteiger partial charge in [0.25, 0.3) is 40.1 Å². The fourth-order valence-electron chi connectivity index (χ4n) is 18.5. The molecule has 0 radical (unpaired) electrons. The van der Waals surface area contributed by atoms with Crippen LogP contribution in [-0.4, -0.2) is 95.7 Å². The molecule has 712 valence electrons. The van der Waals surface area contributed by atoms with Gasteiger partial charge in [-0.1, -0.05) is 390 Å². The van der Waals surface area contributed by atoms with Crippen molar-refractivity contribution in [1.82, 2.24) is 17.2 Å². The Morgan fingerprint density at radius 1 is 0.228 bits per heavy atom. The molecule has 0 amide bonds. The topological polar surface area (TPSA) is 230 Å². The Labute approximate surface area is 809 Å². The number of aryl methyl sites for hydroxylation is 4. The van der Waals surface area contributed by atoms with Crippen LogP contribution in [-0.2, 0) is 66.3 Å². The molecule has 0 bridgehead atoms. The Morgan fingerprint density at radius 3 is 0.529 bits per heavy atom. The summed E-state index contributed by atoms with van der Waals surface area (Å²) >= 11 is 0. The summed E-state index contributed by atoms with van der Waals surface area (Å²) in [5.41, 5.74) is 13.5. The molecule has 16 rings (SSSR count). The second-order valence-electron chi connectivity index (χ2n) is 36.6. The summed E-state index contributed by atoms with van der Waals surface area (Å²) in [4.78, 5) is 0.962. The van der Waals surface area contributed by atoms with E-state index in [1.54, 1.807) is 73.3 Å². The van der Waals surface area contributed by atoms with E-state index in [2.05, 4.69) is 0 Å². The number of hydrogen-bond acceptors (Lipinski definition) is 12. The highest BCUT2D eigenvalue weighted by Crippen LogP contribution is 2.41. The van der Waals surface area contributed by atoms with E-state index in [4.69, 9.17) is 0 Å². The van der Waals surface area contributed by atoms with Gasteiger partial charge >= 0.3 is 0 Å². The summed E-state index contributed by atoms with van der Waals surface area (Å²) in [5.74, 6) is 0.503. The minimum Gasteiger partial charge on any atom is -0.388 e. The van der Waals surface area contributed by atoms with Crippen molar-refractivity contribution in [3.05, 3.63) is 431 Å². The van der Waals surface area contributed by atoms with Crippen LogP contribution in [0.2, 0.25) is 0 Å². The predicted molar refractivity (Wildman–Crippen MR) is 549 cm³/mol. The lowest BCUT2D eigenvalue weighted by molar-refractivity contribution is 0.132. The standard InChI is InChI=1S/4C29H33NO3S/c4*1-23-17-19-27(20-18-23)34(32,33)30(21-24-11-5-2-6-12-24)22-28(25-13-7-3-8-14-25)29(31)26-15-9-4-10-16-26/h4*2-3,5-8,11-14,17-20,22,26,29,31H,4,9-10,15-16,21H2,1H3/b4*28-22+/t4*29-/m1111/s1. The third-order valence-corrected chi connectivity index (χ3v) is 33.3. The minimum atomic E-state index is -3.84. The molecule has 0 heterocycles. The van der Waals surface area contributed by atoms with Crippen LogP contribution in [0, 0.1) is 51.4 Å². The maximum atomic E-state index is 13.8. The monoisotopic (exact) mass is 1900 g/mol. The van der Waals surface area contributed by atoms with E-state index in [0.717, 1.165) is 169 Å². The van der Waals surface area contributed by atoms with Crippen molar-refractivity contribution in [3.8, 4) is 0 Å². The summed E-state index contributed by atoms with van der Waals surface area (Å²) in [6.45, 7) is 8.49. The van der Waals surface area contributed by atoms with Crippen molar-refractivity contribution in [2.24, 2.45) is 23.7 Å². The average molecular weight is 1900 g/mol. The summed E-state index contributed by atoms with van der Waals surface area (Å²) in [6.07, 6.45) is 24.9. The molecule has 4 atom stereocenters.